The number of benzene rings is 2. The van der Waals surface area contributed by atoms with Crippen molar-refractivity contribution >= 4 is 11.6 Å². The number of ether oxygens (including phenoxy) is 1. The molecule has 0 aromatic heterocycles. The first kappa shape index (κ1) is 15.4. The first-order valence-corrected chi connectivity index (χ1v) is 8.21. The van der Waals surface area contributed by atoms with E-state index in [0.29, 0.717) is 6.61 Å². The minimum Gasteiger partial charge on any atom is -0.489 e. The van der Waals surface area contributed by atoms with E-state index in [1.807, 2.05) is 30.3 Å². The van der Waals surface area contributed by atoms with E-state index in [-0.39, 0.29) is 0 Å². The molecule has 1 fully saturated rings. The smallest absolute Gasteiger partial charge is 0.120 e. The summed E-state index contributed by atoms with van der Waals surface area (Å²) < 4.78 is 5.89. The van der Waals surface area contributed by atoms with Crippen LogP contribution < -0.4 is 4.74 Å². The topological polar surface area (TPSA) is 12.5 Å². The second kappa shape index (κ2) is 7.17. The van der Waals surface area contributed by atoms with Gasteiger partial charge in [0.15, 0.2) is 0 Å². The summed E-state index contributed by atoms with van der Waals surface area (Å²) in [5, 5.41) is 0.754. The van der Waals surface area contributed by atoms with Crippen molar-refractivity contribution in [3.05, 3.63) is 64.7 Å². The van der Waals surface area contributed by atoms with E-state index in [1.54, 1.807) is 0 Å². The Kier molecular flexibility index (Phi) is 5.01. The zero-order valence-corrected chi connectivity index (χ0v) is 13.7. The quantitative estimate of drug-likeness (QED) is 0.730. The molecule has 0 amide bonds. The van der Waals surface area contributed by atoms with E-state index in [9.17, 15) is 0 Å². The van der Waals surface area contributed by atoms with Crippen molar-refractivity contribution in [3.8, 4) is 5.75 Å². The monoisotopic (exact) mass is 315 g/mol. The highest BCUT2D eigenvalue weighted by Gasteiger charge is 2.22. The third kappa shape index (κ3) is 4.75. The lowest BCUT2D eigenvalue weighted by molar-refractivity contribution is 0.300. The Bertz CT molecular complexity index is 607. The predicted molar refractivity (Wildman–Crippen MR) is 91.3 cm³/mol. The van der Waals surface area contributed by atoms with Gasteiger partial charge in [0.1, 0.15) is 12.4 Å². The van der Waals surface area contributed by atoms with E-state index in [4.69, 9.17) is 16.3 Å². The lowest BCUT2D eigenvalue weighted by Gasteiger charge is -2.16. The summed E-state index contributed by atoms with van der Waals surface area (Å²) in [6.07, 6.45) is 2.79. The molecule has 0 N–H and O–H groups in total. The maximum Gasteiger partial charge on any atom is 0.120 e. The van der Waals surface area contributed by atoms with Crippen LogP contribution in [0.5, 0.6) is 5.75 Å². The van der Waals surface area contributed by atoms with E-state index < -0.39 is 0 Å². The molecule has 0 heterocycles. The molecule has 0 spiro atoms. The zero-order valence-electron chi connectivity index (χ0n) is 13.0. The minimum absolute atomic E-state index is 0.568. The van der Waals surface area contributed by atoms with Crippen molar-refractivity contribution in [3.63, 3.8) is 0 Å². The molecule has 1 saturated carbocycles. The van der Waals surface area contributed by atoms with Gasteiger partial charge in [-0.1, -0.05) is 35.9 Å². The molecule has 116 valence electrons. The van der Waals surface area contributed by atoms with Crippen molar-refractivity contribution in [1.82, 2.24) is 4.90 Å². The van der Waals surface area contributed by atoms with Gasteiger partial charge in [-0.2, -0.15) is 0 Å². The third-order valence-corrected chi connectivity index (χ3v) is 4.19. The number of hydrogen-bond acceptors (Lipinski definition) is 2. The molecule has 0 bridgehead atoms. The third-order valence-electron chi connectivity index (χ3n) is 3.94. The molecule has 1 aliphatic rings. The first-order valence-electron chi connectivity index (χ1n) is 7.84. The second-order valence-corrected chi connectivity index (χ2v) is 6.64. The highest BCUT2D eigenvalue weighted by Crippen LogP contribution is 2.29. The molecular weight excluding hydrogens is 294 g/mol. The fourth-order valence-electron chi connectivity index (χ4n) is 2.60. The van der Waals surface area contributed by atoms with E-state index in [1.165, 1.54) is 24.9 Å². The number of halogens is 1. The molecule has 0 aliphatic heterocycles. The van der Waals surface area contributed by atoms with E-state index in [2.05, 4.69) is 30.1 Å². The Balaban J connectivity index is 1.54. The van der Waals surface area contributed by atoms with Crippen LogP contribution in [0.3, 0.4) is 0 Å². The van der Waals surface area contributed by atoms with Crippen LogP contribution in [0.2, 0.25) is 5.02 Å². The molecule has 2 nitrogen and oxygen atoms in total. The molecule has 0 saturated heterocycles. The average Bonchev–Trinajstić information content (AvgIpc) is 3.31. The van der Waals surface area contributed by atoms with Crippen LogP contribution in [0.25, 0.3) is 0 Å². The van der Waals surface area contributed by atoms with Gasteiger partial charge in [0.25, 0.3) is 0 Å². The Morgan fingerprint density at radius 3 is 2.59 bits per heavy atom. The lowest BCUT2D eigenvalue weighted by Crippen LogP contribution is -2.20. The van der Waals surface area contributed by atoms with Gasteiger partial charge in [0.2, 0.25) is 0 Å². The summed E-state index contributed by atoms with van der Waals surface area (Å²) in [5.74, 6) is 1.85. The summed E-state index contributed by atoms with van der Waals surface area (Å²) in [6, 6.07) is 16.2. The maximum absolute atomic E-state index is 5.89. The molecular formula is C19H22ClNO. The Morgan fingerprint density at radius 1 is 1.09 bits per heavy atom. The molecule has 0 atom stereocenters. The maximum atomic E-state index is 5.89. The van der Waals surface area contributed by atoms with E-state index >= 15 is 0 Å². The lowest BCUT2D eigenvalue weighted by atomic mass is 10.2. The summed E-state index contributed by atoms with van der Waals surface area (Å²) >= 11 is 5.89. The van der Waals surface area contributed by atoms with Gasteiger partial charge in [0.05, 0.1) is 0 Å². The number of hydrogen-bond donors (Lipinski definition) is 0. The summed E-state index contributed by atoms with van der Waals surface area (Å²) in [7, 11) is 2.19. The first-order chi connectivity index (χ1) is 10.7. The molecule has 1 aliphatic carbocycles. The van der Waals surface area contributed by atoms with E-state index in [0.717, 1.165) is 28.8 Å². The van der Waals surface area contributed by atoms with Gasteiger partial charge in [-0.15, -0.1) is 0 Å². The van der Waals surface area contributed by atoms with Crippen molar-refractivity contribution < 1.29 is 4.74 Å². The van der Waals surface area contributed by atoms with Crippen LogP contribution in [-0.2, 0) is 13.2 Å². The van der Waals surface area contributed by atoms with Crippen molar-refractivity contribution in [2.75, 3.05) is 13.6 Å². The van der Waals surface area contributed by atoms with Crippen molar-refractivity contribution in [1.29, 1.82) is 0 Å². The average molecular weight is 316 g/mol. The zero-order chi connectivity index (χ0) is 15.4. The SMILES string of the molecule is CN(Cc1cccc(OCc2ccc(Cl)cc2)c1)CC1CC1. The summed E-state index contributed by atoms with van der Waals surface area (Å²) in [4.78, 5) is 2.40. The van der Waals surface area contributed by atoms with Crippen molar-refractivity contribution in [2.45, 2.75) is 26.0 Å². The molecule has 2 aromatic rings. The van der Waals surface area contributed by atoms with Gasteiger partial charge >= 0.3 is 0 Å². The molecule has 3 rings (SSSR count). The second-order valence-electron chi connectivity index (χ2n) is 6.20. The van der Waals surface area contributed by atoms with Crippen LogP contribution >= 0.6 is 11.6 Å². The predicted octanol–water partition coefficient (Wildman–Crippen LogP) is 4.76. The highest BCUT2D eigenvalue weighted by atomic mass is 35.5. The Morgan fingerprint density at radius 2 is 1.86 bits per heavy atom. The number of nitrogens with zero attached hydrogens (tertiary/aromatic N) is 1. The standard InChI is InChI=1S/C19H22ClNO/c1-21(12-15-5-6-15)13-17-3-2-4-19(11-17)22-14-16-7-9-18(20)10-8-16/h2-4,7-11,15H,5-6,12-14H2,1H3. The molecule has 22 heavy (non-hydrogen) atoms. The normalized spacial score (nSPS) is 14.3. The van der Waals surface area contributed by atoms with Crippen LogP contribution in [0.1, 0.15) is 24.0 Å². The fraction of sp³-hybridized carbons (Fsp3) is 0.368. The number of rotatable bonds is 7. The van der Waals surface area contributed by atoms with Gasteiger partial charge in [0, 0.05) is 18.1 Å². The Hall–Kier alpha value is -1.51. The minimum atomic E-state index is 0.568. The van der Waals surface area contributed by atoms with Gasteiger partial charge < -0.3 is 9.64 Å². The largest absolute Gasteiger partial charge is 0.489 e. The molecule has 3 heteroatoms. The molecule has 0 unspecified atom stereocenters. The highest BCUT2D eigenvalue weighted by molar-refractivity contribution is 6.30. The van der Waals surface area contributed by atoms with Gasteiger partial charge in [-0.25, -0.2) is 0 Å². The van der Waals surface area contributed by atoms with Gasteiger partial charge in [-0.05, 0) is 61.2 Å². The van der Waals surface area contributed by atoms with Crippen LogP contribution in [-0.4, -0.2) is 18.5 Å². The Labute approximate surface area is 137 Å². The van der Waals surface area contributed by atoms with Crippen LogP contribution in [0.4, 0.5) is 0 Å². The summed E-state index contributed by atoms with van der Waals surface area (Å²) in [6.45, 7) is 2.75. The summed E-state index contributed by atoms with van der Waals surface area (Å²) in [5.41, 5.74) is 2.43. The molecule has 2 aromatic carbocycles. The van der Waals surface area contributed by atoms with Crippen LogP contribution in [0, 0.1) is 5.92 Å². The van der Waals surface area contributed by atoms with Crippen LogP contribution in [0.15, 0.2) is 48.5 Å². The van der Waals surface area contributed by atoms with Gasteiger partial charge in [-0.3, -0.25) is 0 Å². The molecule has 0 radical (unpaired) electrons. The van der Waals surface area contributed by atoms with Crippen molar-refractivity contribution in [2.24, 2.45) is 5.92 Å². The fourth-order valence-corrected chi connectivity index (χ4v) is 2.72.